The minimum atomic E-state index is -3.73. The van der Waals surface area contributed by atoms with E-state index in [1.54, 1.807) is 18.3 Å². The molecule has 1 atom stereocenters. The Morgan fingerprint density at radius 1 is 1.17 bits per heavy atom. The van der Waals surface area contributed by atoms with Crippen LogP contribution in [-0.4, -0.2) is 24.4 Å². The molecule has 2 aromatic carbocycles. The van der Waals surface area contributed by atoms with Crippen LogP contribution in [-0.2, 0) is 16.4 Å². The second kappa shape index (κ2) is 9.38. The lowest BCUT2D eigenvalue weighted by molar-refractivity contribution is 0.598. The zero-order chi connectivity index (χ0) is 21.7. The first-order valence-corrected chi connectivity index (χ1v) is 11.5. The number of benzene rings is 2. The lowest BCUT2D eigenvalue weighted by Gasteiger charge is -2.19. The highest BCUT2D eigenvalue weighted by atomic mass is 79.9. The van der Waals surface area contributed by atoms with Crippen molar-refractivity contribution in [3.63, 3.8) is 0 Å². The first kappa shape index (κ1) is 21.9. The van der Waals surface area contributed by atoms with Gasteiger partial charge in [-0.15, -0.1) is 0 Å². The molecule has 4 N–H and O–H groups in total. The first-order chi connectivity index (χ1) is 14.2. The van der Waals surface area contributed by atoms with Crippen LogP contribution in [0.2, 0.25) is 0 Å². The molecule has 3 rings (SSSR count). The quantitative estimate of drug-likeness (QED) is 0.410. The van der Waals surface area contributed by atoms with E-state index in [4.69, 9.17) is 5.14 Å². The Kier molecular flexibility index (Phi) is 6.86. The Hall–Kier alpha value is -2.75. The Morgan fingerprint density at radius 2 is 1.83 bits per heavy atom. The number of nitrogens with zero attached hydrogens (tertiary/aromatic N) is 2. The van der Waals surface area contributed by atoms with Crippen molar-refractivity contribution in [1.82, 2.24) is 9.97 Å². The number of nitrogens with one attached hydrogen (secondary N) is 2. The van der Waals surface area contributed by atoms with Gasteiger partial charge in [-0.2, -0.15) is 4.98 Å². The number of hydrogen-bond acceptors (Lipinski definition) is 6. The summed E-state index contributed by atoms with van der Waals surface area (Å²) < 4.78 is 23.5. The molecule has 0 aliphatic heterocycles. The summed E-state index contributed by atoms with van der Waals surface area (Å²) >= 11 is 3.47. The predicted octanol–water partition coefficient (Wildman–Crippen LogP) is 4.23. The van der Waals surface area contributed by atoms with Crippen molar-refractivity contribution >= 4 is 43.4 Å². The summed E-state index contributed by atoms with van der Waals surface area (Å²) in [5.74, 6) is 0.986. The number of anilines is 3. The summed E-state index contributed by atoms with van der Waals surface area (Å²) in [5.41, 5.74) is 2.86. The fraction of sp³-hybridized carbons (Fsp3) is 0.143. The van der Waals surface area contributed by atoms with E-state index < -0.39 is 10.0 Å². The number of sulfonamides is 1. The summed E-state index contributed by atoms with van der Waals surface area (Å²) in [4.78, 5) is 8.79. The molecule has 156 valence electrons. The van der Waals surface area contributed by atoms with Crippen molar-refractivity contribution in [2.75, 3.05) is 10.6 Å². The third-order valence-corrected chi connectivity index (χ3v) is 5.93. The summed E-state index contributed by atoms with van der Waals surface area (Å²) in [6.07, 6.45) is 2.41. The fourth-order valence-electron chi connectivity index (χ4n) is 2.70. The van der Waals surface area contributed by atoms with E-state index in [0.29, 0.717) is 17.5 Å². The number of rotatable bonds is 8. The lowest BCUT2D eigenvalue weighted by Crippen LogP contribution is -2.20. The highest BCUT2D eigenvalue weighted by Gasteiger charge is 2.12. The van der Waals surface area contributed by atoms with Gasteiger partial charge < -0.3 is 10.6 Å². The maximum Gasteiger partial charge on any atom is 0.238 e. The van der Waals surface area contributed by atoms with E-state index in [-0.39, 0.29) is 10.9 Å². The Balaban J connectivity index is 1.69. The van der Waals surface area contributed by atoms with E-state index in [1.807, 2.05) is 25.1 Å². The summed E-state index contributed by atoms with van der Waals surface area (Å²) in [5, 5.41) is 11.5. The van der Waals surface area contributed by atoms with Crippen LogP contribution in [0.5, 0.6) is 0 Å². The van der Waals surface area contributed by atoms with Gasteiger partial charge in [0.15, 0.2) is 0 Å². The van der Waals surface area contributed by atoms with Crippen molar-refractivity contribution in [2.24, 2.45) is 5.14 Å². The number of hydrogen-bond donors (Lipinski definition) is 3. The molecule has 0 aliphatic rings. The van der Waals surface area contributed by atoms with E-state index in [1.165, 1.54) is 17.7 Å². The average molecular weight is 488 g/mol. The lowest BCUT2D eigenvalue weighted by atomic mass is 10.0. The molecule has 0 fully saturated rings. The molecule has 3 aromatic rings. The predicted molar refractivity (Wildman–Crippen MR) is 123 cm³/mol. The smallest absolute Gasteiger partial charge is 0.238 e. The van der Waals surface area contributed by atoms with Gasteiger partial charge in [0.1, 0.15) is 5.82 Å². The van der Waals surface area contributed by atoms with Crippen molar-refractivity contribution in [3.8, 4) is 0 Å². The number of halogens is 1. The molecule has 0 aliphatic carbocycles. The van der Waals surface area contributed by atoms with Gasteiger partial charge in [-0.25, -0.2) is 18.5 Å². The van der Waals surface area contributed by atoms with Crippen molar-refractivity contribution in [1.29, 1.82) is 0 Å². The molecular weight excluding hydrogens is 466 g/mol. The molecule has 0 spiro atoms. The van der Waals surface area contributed by atoms with Crippen LogP contribution in [0.1, 0.15) is 12.5 Å². The Morgan fingerprint density at radius 3 is 2.47 bits per heavy atom. The van der Waals surface area contributed by atoms with Crippen molar-refractivity contribution < 1.29 is 8.42 Å². The van der Waals surface area contributed by atoms with Crippen LogP contribution < -0.4 is 15.8 Å². The zero-order valence-electron chi connectivity index (χ0n) is 16.3. The first-order valence-electron chi connectivity index (χ1n) is 9.13. The maximum absolute atomic E-state index is 11.4. The standard InChI is InChI=1S/C21H22BrN5O2S/c1-14(12-16-6-4-3-5-7-16)15(2)25-20-19(22)13-24-21(27-20)26-17-8-10-18(11-9-17)30(23,28)29/h3-11,13,15H,1,12H2,2H3,(H2,23,28,29)(H2,24,25,26,27). The van der Waals surface area contributed by atoms with Gasteiger partial charge >= 0.3 is 0 Å². The topological polar surface area (TPSA) is 110 Å². The van der Waals surface area contributed by atoms with Crippen LogP contribution in [0.25, 0.3) is 0 Å². The van der Waals surface area contributed by atoms with Gasteiger partial charge in [0.05, 0.1) is 9.37 Å². The molecule has 0 radical (unpaired) electrons. The van der Waals surface area contributed by atoms with Gasteiger partial charge in [-0.1, -0.05) is 42.5 Å². The molecule has 1 aromatic heterocycles. The summed E-state index contributed by atoms with van der Waals surface area (Å²) in [6.45, 7) is 6.22. The van der Waals surface area contributed by atoms with Crippen LogP contribution in [0.4, 0.5) is 17.5 Å². The largest absolute Gasteiger partial charge is 0.363 e. The highest BCUT2D eigenvalue weighted by Crippen LogP contribution is 2.24. The van der Waals surface area contributed by atoms with Crippen molar-refractivity contribution in [3.05, 3.63) is 83.0 Å². The third-order valence-electron chi connectivity index (χ3n) is 4.42. The zero-order valence-corrected chi connectivity index (χ0v) is 18.7. The molecule has 0 saturated heterocycles. The minimum absolute atomic E-state index is 0.0155. The van der Waals surface area contributed by atoms with Gasteiger partial charge in [0.2, 0.25) is 16.0 Å². The normalized spacial score (nSPS) is 12.2. The van der Waals surface area contributed by atoms with Crippen molar-refractivity contribution in [2.45, 2.75) is 24.3 Å². The van der Waals surface area contributed by atoms with E-state index in [9.17, 15) is 8.42 Å². The van der Waals surface area contributed by atoms with Gasteiger partial charge in [0, 0.05) is 17.9 Å². The molecule has 9 heteroatoms. The highest BCUT2D eigenvalue weighted by molar-refractivity contribution is 9.10. The number of primary sulfonamides is 1. The molecule has 1 heterocycles. The molecule has 0 amide bonds. The van der Waals surface area contributed by atoms with Gasteiger partial charge in [-0.05, 0) is 59.1 Å². The SMILES string of the molecule is C=C(Cc1ccccc1)C(C)Nc1nc(Nc2ccc(S(N)(=O)=O)cc2)ncc1Br. The summed E-state index contributed by atoms with van der Waals surface area (Å²) in [7, 11) is -3.73. The second-order valence-electron chi connectivity index (χ2n) is 6.77. The van der Waals surface area contributed by atoms with E-state index >= 15 is 0 Å². The fourth-order valence-corrected chi connectivity index (χ4v) is 3.52. The molecule has 1 unspecified atom stereocenters. The van der Waals surface area contributed by atoms with Crippen LogP contribution in [0.3, 0.4) is 0 Å². The molecular formula is C21H22BrN5O2S. The van der Waals surface area contributed by atoms with Crippen LogP contribution >= 0.6 is 15.9 Å². The van der Waals surface area contributed by atoms with E-state index in [0.717, 1.165) is 16.5 Å². The third kappa shape index (κ3) is 5.88. The molecule has 0 bridgehead atoms. The molecule has 30 heavy (non-hydrogen) atoms. The van der Waals surface area contributed by atoms with E-state index in [2.05, 4.69) is 55.2 Å². The number of nitrogens with two attached hydrogens (primary N) is 1. The maximum atomic E-state index is 11.4. The summed E-state index contributed by atoms with van der Waals surface area (Å²) in [6, 6.07) is 16.2. The Bertz CT molecular complexity index is 1140. The Labute approximate surface area is 184 Å². The number of aromatic nitrogens is 2. The monoisotopic (exact) mass is 487 g/mol. The minimum Gasteiger partial charge on any atom is -0.363 e. The molecule has 0 saturated carbocycles. The average Bonchev–Trinajstić information content (AvgIpc) is 2.71. The molecule has 7 nitrogen and oxygen atoms in total. The second-order valence-corrected chi connectivity index (χ2v) is 9.19. The van der Waals surface area contributed by atoms with Crippen LogP contribution in [0.15, 0.2) is 82.3 Å². The van der Waals surface area contributed by atoms with Gasteiger partial charge in [-0.3, -0.25) is 0 Å². The van der Waals surface area contributed by atoms with Crippen LogP contribution in [0, 0.1) is 0 Å². The van der Waals surface area contributed by atoms with Gasteiger partial charge in [0.25, 0.3) is 0 Å².